The molecule has 8 heteroatoms. The van der Waals surface area contributed by atoms with Gasteiger partial charge in [0.2, 0.25) is 0 Å². The third-order valence-electron chi connectivity index (χ3n) is 2.23. The van der Waals surface area contributed by atoms with Gasteiger partial charge in [-0.1, -0.05) is 0 Å². The monoisotopic (exact) mass is 258 g/mol. The Hall–Kier alpha value is -2.06. The van der Waals surface area contributed by atoms with Crippen LogP contribution in [0.4, 0.5) is 11.4 Å². The summed E-state index contributed by atoms with van der Waals surface area (Å²) in [4.78, 5) is 10.1. The van der Waals surface area contributed by atoms with Crippen LogP contribution in [-0.2, 0) is 0 Å². The summed E-state index contributed by atoms with van der Waals surface area (Å²) >= 11 is 0. The molecule has 1 atom stereocenters. The van der Waals surface area contributed by atoms with Crippen molar-refractivity contribution in [1.29, 1.82) is 0 Å². The molecule has 0 aliphatic heterocycles. The number of ether oxygens (including phenoxy) is 1. The molecule has 8 nitrogen and oxygen atoms in total. The smallest absolute Gasteiger partial charge is 0.296 e. The molecule has 0 amide bonds. The van der Waals surface area contributed by atoms with Crippen molar-refractivity contribution in [3.05, 3.63) is 22.2 Å². The predicted octanol–water partition coefficient (Wildman–Crippen LogP) is 0.0741. The van der Waals surface area contributed by atoms with Crippen molar-refractivity contribution < 1.29 is 25.0 Å². The molecule has 1 aromatic carbocycles. The predicted molar refractivity (Wildman–Crippen MR) is 62.9 cm³/mol. The highest BCUT2D eigenvalue weighted by Crippen LogP contribution is 2.36. The van der Waals surface area contributed by atoms with Crippen LogP contribution in [0.2, 0.25) is 0 Å². The Morgan fingerprint density at radius 1 is 1.56 bits per heavy atom. The lowest BCUT2D eigenvalue weighted by molar-refractivity contribution is -0.384. The molecule has 4 N–H and O–H groups in total. The molecule has 1 unspecified atom stereocenters. The molecule has 0 heterocycles. The SMILES string of the molecule is COc1cc(NCC(O)CO)c([N+](=O)[O-])cc1O. The molecule has 0 bridgehead atoms. The van der Waals surface area contributed by atoms with Gasteiger partial charge < -0.3 is 25.4 Å². The Balaban J connectivity index is 3.02. The van der Waals surface area contributed by atoms with Crippen molar-refractivity contribution in [3.63, 3.8) is 0 Å². The molecule has 0 aromatic heterocycles. The maximum Gasteiger partial charge on any atom is 0.296 e. The summed E-state index contributed by atoms with van der Waals surface area (Å²) in [5.74, 6) is -0.279. The van der Waals surface area contributed by atoms with Gasteiger partial charge in [-0.2, -0.15) is 0 Å². The van der Waals surface area contributed by atoms with E-state index >= 15 is 0 Å². The number of hydrogen-bond donors (Lipinski definition) is 4. The number of aromatic hydroxyl groups is 1. The molecule has 1 rings (SSSR count). The number of nitrogens with one attached hydrogen (secondary N) is 1. The second kappa shape index (κ2) is 6.03. The Labute approximate surface area is 103 Å². The summed E-state index contributed by atoms with van der Waals surface area (Å²) in [6, 6.07) is 2.20. The van der Waals surface area contributed by atoms with Gasteiger partial charge in [-0.3, -0.25) is 10.1 Å². The van der Waals surface area contributed by atoms with Gasteiger partial charge >= 0.3 is 0 Å². The van der Waals surface area contributed by atoms with Crippen LogP contribution in [0.25, 0.3) is 0 Å². The van der Waals surface area contributed by atoms with Crippen LogP contribution in [0.15, 0.2) is 12.1 Å². The lowest BCUT2D eigenvalue weighted by atomic mass is 10.2. The zero-order valence-electron chi connectivity index (χ0n) is 9.66. The number of nitrogens with zero attached hydrogens (tertiary/aromatic N) is 1. The van der Waals surface area contributed by atoms with Crippen LogP contribution in [0.5, 0.6) is 11.5 Å². The fourth-order valence-corrected chi connectivity index (χ4v) is 1.31. The molecule has 0 spiro atoms. The largest absolute Gasteiger partial charge is 0.504 e. The van der Waals surface area contributed by atoms with E-state index in [0.29, 0.717) is 0 Å². The fraction of sp³-hybridized carbons (Fsp3) is 0.400. The minimum absolute atomic E-state index is 0.0642. The van der Waals surface area contributed by atoms with E-state index in [4.69, 9.17) is 14.9 Å². The number of nitro groups is 1. The van der Waals surface area contributed by atoms with E-state index in [9.17, 15) is 15.2 Å². The minimum Gasteiger partial charge on any atom is -0.504 e. The van der Waals surface area contributed by atoms with Gasteiger partial charge in [-0.25, -0.2) is 0 Å². The molecule has 18 heavy (non-hydrogen) atoms. The third-order valence-corrected chi connectivity index (χ3v) is 2.23. The first kappa shape index (κ1) is 14.0. The van der Waals surface area contributed by atoms with E-state index in [1.165, 1.54) is 13.2 Å². The highest BCUT2D eigenvalue weighted by molar-refractivity contribution is 5.68. The maximum atomic E-state index is 10.8. The van der Waals surface area contributed by atoms with Crippen LogP contribution in [-0.4, -0.2) is 46.6 Å². The summed E-state index contributed by atoms with van der Waals surface area (Å²) in [5, 5.41) is 40.7. The maximum absolute atomic E-state index is 10.8. The third kappa shape index (κ3) is 3.22. The number of methoxy groups -OCH3 is 1. The molecule has 0 saturated carbocycles. The summed E-state index contributed by atoms with van der Waals surface area (Å²) in [6.07, 6.45) is -1.04. The molecule has 0 fully saturated rings. The van der Waals surface area contributed by atoms with Crippen LogP contribution in [0.3, 0.4) is 0 Å². The van der Waals surface area contributed by atoms with Gasteiger partial charge in [-0.05, 0) is 0 Å². The molecule has 0 radical (unpaired) electrons. The molecule has 0 saturated heterocycles. The molecule has 100 valence electrons. The number of anilines is 1. The van der Waals surface area contributed by atoms with Gasteiger partial charge in [0.25, 0.3) is 5.69 Å². The number of hydrogen-bond acceptors (Lipinski definition) is 7. The van der Waals surface area contributed by atoms with Crippen molar-refractivity contribution >= 4 is 11.4 Å². The van der Waals surface area contributed by atoms with E-state index in [1.807, 2.05) is 0 Å². The summed E-state index contributed by atoms with van der Waals surface area (Å²) < 4.78 is 4.83. The van der Waals surface area contributed by atoms with Crippen molar-refractivity contribution in [3.8, 4) is 11.5 Å². The standard InChI is InChI=1S/C10H14N2O6/c1-18-10-2-7(11-4-6(14)5-13)8(12(16)17)3-9(10)15/h2-3,6,11,13-15H,4-5H2,1H3. The number of rotatable bonds is 6. The number of benzene rings is 1. The van der Waals surface area contributed by atoms with E-state index in [1.54, 1.807) is 0 Å². The van der Waals surface area contributed by atoms with Crippen LogP contribution >= 0.6 is 0 Å². The van der Waals surface area contributed by atoms with Crippen molar-refractivity contribution in [2.24, 2.45) is 0 Å². The summed E-state index contributed by atoms with van der Waals surface area (Å²) in [5.41, 5.74) is -0.263. The molecule has 0 aliphatic carbocycles. The van der Waals surface area contributed by atoms with E-state index < -0.39 is 17.6 Å². The lowest BCUT2D eigenvalue weighted by Gasteiger charge is -2.12. The van der Waals surface area contributed by atoms with E-state index in [2.05, 4.69) is 5.32 Å². The van der Waals surface area contributed by atoms with Gasteiger partial charge in [0.1, 0.15) is 5.69 Å². The van der Waals surface area contributed by atoms with Crippen LogP contribution in [0, 0.1) is 10.1 Å². The lowest BCUT2D eigenvalue weighted by Crippen LogP contribution is -2.23. The second-order valence-electron chi connectivity index (χ2n) is 3.52. The quantitative estimate of drug-likeness (QED) is 0.323. The first-order chi connectivity index (χ1) is 8.49. The Kier molecular flexibility index (Phi) is 4.69. The average Bonchev–Trinajstić information content (AvgIpc) is 2.36. The van der Waals surface area contributed by atoms with Crippen molar-refractivity contribution in [1.82, 2.24) is 0 Å². The highest BCUT2D eigenvalue weighted by atomic mass is 16.6. The van der Waals surface area contributed by atoms with E-state index in [-0.39, 0.29) is 29.4 Å². The Morgan fingerprint density at radius 3 is 2.72 bits per heavy atom. The van der Waals surface area contributed by atoms with Crippen LogP contribution < -0.4 is 10.1 Å². The molecule has 0 aliphatic rings. The zero-order chi connectivity index (χ0) is 13.7. The summed E-state index contributed by atoms with van der Waals surface area (Å²) in [7, 11) is 1.31. The van der Waals surface area contributed by atoms with Gasteiger partial charge in [0.05, 0.1) is 30.8 Å². The van der Waals surface area contributed by atoms with Gasteiger partial charge in [0.15, 0.2) is 11.5 Å². The first-order valence-electron chi connectivity index (χ1n) is 5.07. The van der Waals surface area contributed by atoms with E-state index in [0.717, 1.165) is 6.07 Å². The number of aliphatic hydroxyl groups is 2. The van der Waals surface area contributed by atoms with Crippen molar-refractivity contribution in [2.75, 3.05) is 25.6 Å². The number of phenols is 1. The number of nitro benzene ring substituents is 1. The Bertz CT molecular complexity index is 437. The molecular weight excluding hydrogens is 244 g/mol. The molecular formula is C10H14N2O6. The minimum atomic E-state index is -1.04. The van der Waals surface area contributed by atoms with Crippen molar-refractivity contribution in [2.45, 2.75) is 6.10 Å². The highest BCUT2D eigenvalue weighted by Gasteiger charge is 2.19. The first-order valence-corrected chi connectivity index (χ1v) is 5.07. The molecule has 1 aromatic rings. The van der Waals surface area contributed by atoms with Gasteiger partial charge in [0, 0.05) is 12.6 Å². The number of aliphatic hydroxyl groups excluding tert-OH is 2. The van der Waals surface area contributed by atoms with Gasteiger partial charge in [-0.15, -0.1) is 0 Å². The van der Waals surface area contributed by atoms with Crippen LogP contribution in [0.1, 0.15) is 0 Å². The normalized spacial score (nSPS) is 11.9. The average molecular weight is 258 g/mol. The zero-order valence-corrected chi connectivity index (χ0v) is 9.66. The topological polar surface area (TPSA) is 125 Å². The fourth-order valence-electron chi connectivity index (χ4n) is 1.31. The summed E-state index contributed by atoms with van der Waals surface area (Å²) in [6.45, 7) is -0.527. The number of phenolic OH excluding ortho intramolecular Hbond substituents is 1. The second-order valence-corrected chi connectivity index (χ2v) is 3.52. The Morgan fingerprint density at radius 2 is 2.22 bits per heavy atom.